The van der Waals surface area contributed by atoms with Gasteiger partial charge in [-0.3, -0.25) is 9.59 Å². The minimum Gasteiger partial charge on any atom is -0.342 e. The number of fused-ring (bicyclic) bond motifs is 1. The lowest BCUT2D eigenvalue weighted by Gasteiger charge is -2.15. The van der Waals surface area contributed by atoms with Gasteiger partial charge in [-0.1, -0.05) is 12.1 Å². The Morgan fingerprint density at radius 2 is 2.06 bits per heavy atom. The van der Waals surface area contributed by atoms with Crippen LogP contribution in [0.3, 0.4) is 0 Å². The Balaban J connectivity index is 1.72. The molecule has 0 radical (unpaired) electrons. The Kier molecular flexibility index (Phi) is 2.78. The molecule has 4 nitrogen and oxygen atoms in total. The van der Waals surface area contributed by atoms with E-state index in [2.05, 4.69) is 5.32 Å². The Hall–Kier alpha value is -1.84. The van der Waals surface area contributed by atoms with Gasteiger partial charge in [-0.25, -0.2) is 0 Å². The normalized spacial score (nSPS) is 17.8. The van der Waals surface area contributed by atoms with E-state index in [9.17, 15) is 9.59 Å². The second-order valence-corrected chi connectivity index (χ2v) is 4.98. The van der Waals surface area contributed by atoms with Gasteiger partial charge in [-0.2, -0.15) is 0 Å². The molecule has 0 spiro atoms. The summed E-state index contributed by atoms with van der Waals surface area (Å²) < 4.78 is 0. The lowest BCUT2D eigenvalue weighted by molar-refractivity contribution is -0.129. The van der Waals surface area contributed by atoms with Crippen molar-refractivity contribution in [3.8, 4) is 0 Å². The highest BCUT2D eigenvalue weighted by atomic mass is 16.2. The van der Waals surface area contributed by atoms with Gasteiger partial charge in [0.2, 0.25) is 11.8 Å². The summed E-state index contributed by atoms with van der Waals surface area (Å²) in [7, 11) is 0. The molecule has 1 fully saturated rings. The fourth-order valence-electron chi connectivity index (χ4n) is 2.65. The van der Waals surface area contributed by atoms with Gasteiger partial charge in [-0.15, -0.1) is 0 Å². The van der Waals surface area contributed by atoms with Crippen LogP contribution in [0, 0.1) is 0 Å². The molecule has 2 amide bonds. The van der Waals surface area contributed by atoms with Crippen LogP contribution in [0.5, 0.6) is 0 Å². The van der Waals surface area contributed by atoms with Gasteiger partial charge in [0.1, 0.15) is 0 Å². The minimum atomic E-state index is 0.0352. The van der Waals surface area contributed by atoms with Crippen LogP contribution >= 0.6 is 0 Å². The maximum absolute atomic E-state index is 12.0. The highest BCUT2D eigenvalue weighted by Crippen LogP contribution is 2.24. The molecule has 4 heteroatoms. The van der Waals surface area contributed by atoms with E-state index in [0.29, 0.717) is 12.8 Å². The van der Waals surface area contributed by atoms with Crippen molar-refractivity contribution < 1.29 is 9.59 Å². The molecule has 94 valence electrons. The van der Waals surface area contributed by atoms with Gasteiger partial charge in [0.25, 0.3) is 0 Å². The monoisotopic (exact) mass is 244 g/mol. The summed E-state index contributed by atoms with van der Waals surface area (Å²) in [5.41, 5.74) is 2.89. The van der Waals surface area contributed by atoms with Crippen molar-refractivity contribution in [1.29, 1.82) is 0 Å². The molecule has 18 heavy (non-hydrogen) atoms. The van der Waals surface area contributed by atoms with Gasteiger partial charge in [0, 0.05) is 18.8 Å². The molecule has 0 atom stereocenters. The average molecular weight is 244 g/mol. The molecule has 1 aromatic carbocycles. The number of benzene rings is 1. The SMILES string of the molecule is O=C1Cc2cc(CC(=O)N3CCCC3)ccc2N1. The van der Waals surface area contributed by atoms with Gasteiger partial charge in [0.05, 0.1) is 12.8 Å². The highest BCUT2D eigenvalue weighted by Gasteiger charge is 2.20. The van der Waals surface area contributed by atoms with Gasteiger partial charge in [-0.05, 0) is 30.0 Å². The molecule has 3 rings (SSSR count). The molecule has 0 bridgehead atoms. The molecule has 0 aliphatic carbocycles. The molecule has 0 unspecified atom stereocenters. The highest BCUT2D eigenvalue weighted by molar-refractivity contribution is 5.99. The zero-order valence-corrected chi connectivity index (χ0v) is 10.2. The van der Waals surface area contributed by atoms with Crippen LogP contribution in [0.4, 0.5) is 5.69 Å². The third-order valence-corrected chi connectivity index (χ3v) is 3.61. The molecule has 2 aliphatic rings. The number of nitrogens with one attached hydrogen (secondary N) is 1. The molecule has 0 aromatic heterocycles. The van der Waals surface area contributed by atoms with Crippen LogP contribution in [0.25, 0.3) is 0 Å². The van der Waals surface area contributed by atoms with E-state index < -0.39 is 0 Å². The van der Waals surface area contributed by atoms with Crippen molar-refractivity contribution in [2.24, 2.45) is 0 Å². The van der Waals surface area contributed by atoms with Crippen molar-refractivity contribution in [2.45, 2.75) is 25.7 Å². The van der Waals surface area contributed by atoms with Crippen molar-refractivity contribution in [2.75, 3.05) is 18.4 Å². The first-order chi connectivity index (χ1) is 8.72. The van der Waals surface area contributed by atoms with Crippen molar-refractivity contribution in [3.63, 3.8) is 0 Å². The predicted octanol–water partition coefficient (Wildman–Crippen LogP) is 1.35. The van der Waals surface area contributed by atoms with E-state index in [1.165, 1.54) is 0 Å². The number of rotatable bonds is 2. The number of hydrogen-bond donors (Lipinski definition) is 1. The van der Waals surface area contributed by atoms with E-state index in [0.717, 1.165) is 42.7 Å². The lowest BCUT2D eigenvalue weighted by Crippen LogP contribution is -2.29. The Bertz CT molecular complexity index is 505. The largest absolute Gasteiger partial charge is 0.342 e. The van der Waals surface area contributed by atoms with Crippen LogP contribution in [0.2, 0.25) is 0 Å². The minimum absolute atomic E-state index is 0.0352. The van der Waals surface area contributed by atoms with Crippen molar-refractivity contribution in [3.05, 3.63) is 29.3 Å². The molecule has 0 saturated carbocycles. The van der Waals surface area contributed by atoms with E-state index in [1.807, 2.05) is 23.1 Å². The maximum atomic E-state index is 12.0. The smallest absolute Gasteiger partial charge is 0.228 e. The number of nitrogens with zero attached hydrogens (tertiary/aromatic N) is 1. The fourth-order valence-corrected chi connectivity index (χ4v) is 2.65. The first-order valence-electron chi connectivity index (χ1n) is 6.42. The Labute approximate surface area is 106 Å². The molecule has 2 heterocycles. The average Bonchev–Trinajstić information content (AvgIpc) is 2.95. The molecular formula is C14H16N2O2. The van der Waals surface area contributed by atoms with Gasteiger partial charge < -0.3 is 10.2 Å². The number of carbonyl (C=O) groups excluding carboxylic acids is 2. The molecule has 1 N–H and O–H groups in total. The lowest BCUT2D eigenvalue weighted by atomic mass is 10.1. The standard InChI is InChI=1S/C14H16N2O2/c17-13-9-11-7-10(3-4-12(11)15-13)8-14(18)16-5-1-2-6-16/h3-4,7H,1-2,5-6,8-9H2,(H,15,17). The molecule has 1 saturated heterocycles. The molecule has 2 aliphatic heterocycles. The maximum Gasteiger partial charge on any atom is 0.228 e. The third kappa shape index (κ3) is 2.10. The second kappa shape index (κ2) is 4.44. The van der Waals surface area contributed by atoms with Gasteiger partial charge >= 0.3 is 0 Å². The Morgan fingerprint density at radius 3 is 2.83 bits per heavy atom. The second-order valence-electron chi connectivity index (χ2n) is 4.98. The zero-order chi connectivity index (χ0) is 12.5. The number of carbonyl (C=O) groups is 2. The van der Waals surface area contributed by atoms with Gasteiger partial charge in [0.15, 0.2) is 0 Å². The van der Waals surface area contributed by atoms with Crippen LogP contribution in [-0.4, -0.2) is 29.8 Å². The zero-order valence-electron chi connectivity index (χ0n) is 10.2. The summed E-state index contributed by atoms with van der Waals surface area (Å²) in [6, 6.07) is 5.80. The van der Waals surface area contributed by atoms with Crippen LogP contribution in [-0.2, 0) is 22.4 Å². The Morgan fingerprint density at radius 1 is 1.28 bits per heavy atom. The summed E-state index contributed by atoms with van der Waals surface area (Å²) in [5, 5.41) is 2.80. The summed E-state index contributed by atoms with van der Waals surface area (Å²) in [6.07, 6.45) is 3.12. The van der Waals surface area contributed by atoms with E-state index in [1.54, 1.807) is 0 Å². The van der Waals surface area contributed by atoms with Crippen molar-refractivity contribution in [1.82, 2.24) is 4.90 Å². The number of amides is 2. The van der Waals surface area contributed by atoms with E-state index >= 15 is 0 Å². The first-order valence-corrected chi connectivity index (χ1v) is 6.42. The van der Waals surface area contributed by atoms with E-state index in [4.69, 9.17) is 0 Å². The molecular weight excluding hydrogens is 228 g/mol. The number of anilines is 1. The predicted molar refractivity (Wildman–Crippen MR) is 68.3 cm³/mol. The topological polar surface area (TPSA) is 49.4 Å². The number of likely N-dealkylation sites (tertiary alicyclic amines) is 1. The van der Waals surface area contributed by atoms with E-state index in [-0.39, 0.29) is 11.8 Å². The number of hydrogen-bond acceptors (Lipinski definition) is 2. The van der Waals surface area contributed by atoms with Crippen LogP contribution in [0.1, 0.15) is 24.0 Å². The molecule has 1 aromatic rings. The summed E-state index contributed by atoms with van der Waals surface area (Å²) >= 11 is 0. The van der Waals surface area contributed by atoms with Crippen LogP contribution in [0.15, 0.2) is 18.2 Å². The summed E-state index contributed by atoms with van der Waals surface area (Å²) in [6.45, 7) is 1.79. The van der Waals surface area contributed by atoms with Crippen LogP contribution < -0.4 is 5.32 Å². The first kappa shape index (κ1) is 11.3. The quantitative estimate of drug-likeness (QED) is 0.853. The third-order valence-electron chi connectivity index (χ3n) is 3.61. The van der Waals surface area contributed by atoms with Crippen molar-refractivity contribution >= 4 is 17.5 Å². The summed E-state index contributed by atoms with van der Waals surface area (Å²) in [5.74, 6) is 0.234. The summed E-state index contributed by atoms with van der Waals surface area (Å²) in [4.78, 5) is 25.2. The fraction of sp³-hybridized carbons (Fsp3) is 0.429.